The summed E-state index contributed by atoms with van der Waals surface area (Å²) in [6.45, 7) is 0. The lowest BCUT2D eigenvalue weighted by atomic mass is 9.84. The fourth-order valence-electron chi connectivity index (χ4n) is 2.94. The summed E-state index contributed by atoms with van der Waals surface area (Å²) in [4.78, 5) is 0. The molecule has 1 nitrogen and oxygen atoms in total. The predicted molar refractivity (Wildman–Crippen MR) is 60.9 cm³/mol. The molecule has 0 aliphatic carbocycles. The normalized spacial score (nSPS) is 31.5. The molecule has 1 aromatic carbocycles. The Kier molecular flexibility index (Phi) is 3.17. The molecular formula is C12H14ClF2N. The molecule has 2 heterocycles. The highest BCUT2D eigenvalue weighted by Gasteiger charge is 2.39. The van der Waals surface area contributed by atoms with Crippen molar-refractivity contribution in [3.05, 3.63) is 35.4 Å². The van der Waals surface area contributed by atoms with Crippen molar-refractivity contribution in [2.75, 3.05) is 0 Å². The zero-order chi connectivity index (χ0) is 10.4. The third kappa shape index (κ3) is 1.82. The van der Waals surface area contributed by atoms with Crippen LogP contribution < -0.4 is 5.32 Å². The van der Waals surface area contributed by atoms with Crippen LogP contribution in [0.1, 0.15) is 30.7 Å². The highest BCUT2D eigenvalue weighted by molar-refractivity contribution is 5.85. The van der Waals surface area contributed by atoms with Crippen molar-refractivity contribution in [3.63, 3.8) is 0 Å². The molecule has 2 saturated heterocycles. The summed E-state index contributed by atoms with van der Waals surface area (Å²) in [5, 5.41) is 3.49. The van der Waals surface area contributed by atoms with Gasteiger partial charge >= 0.3 is 0 Å². The molecule has 0 saturated carbocycles. The summed E-state index contributed by atoms with van der Waals surface area (Å²) in [5.74, 6) is -1.11. The van der Waals surface area contributed by atoms with E-state index in [1.165, 1.54) is 18.6 Å². The van der Waals surface area contributed by atoms with Gasteiger partial charge in [-0.1, -0.05) is 6.07 Å². The number of rotatable bonds is 1. The van der Waals surface area contributed by atoms with Crippen LogP contribution in [0.3, 0.4) is 0 Å². The van der Waals surface area contributed by atoms with Gasteiger partial charge in [0, 0.05) is 18.0 Å². The van der Waals surface area contributed by atoms with Gasteiger partial charge in [-0.3, -0.25) is 0 Å². The molecule has 0 amide bonds. The zero-order valence-electron chi connectivity index (χ0n) is 8.75. The van der Waals surface area contributed by atoms with E-state index in [1.54, 1.807) is 6.07 Å². The Hall–Kier alpha value is -0.670. The molecule has 1 N–H and O–H groups in total. The van der Waals surface area contributed by atoms with Crippen molar-refractivity contribution in [2.24, 2.45) is 0 Å². The molecule has 1 aromatic rings. The van der Waals surface area contributed by atoms with E-state index in [9.17, 15) is 8.78 Å². The fraction of sp³-hybridized carbons (Fsp3) is 0.500. The van der Waals surface area contributed by atoms with Crippen LogP contribution in [0.4, 0.5) is 8.78 Å². The second-order valence-electron chi connectivity index (χ2n) is 4.56. The van der Waals surface area contributed by atoms with Crippen LogP contribution >= 0.6 is 12.4 Å². The summed E-state index contributed by atoms with van der Waals surface area (Å²) >= 11 is 0. The predicted octanol–water partition coefficient (Wildman–Crippen LogP) is 2.99. The molecule has 0 radical (unpaired) electrons. The van der Waals surface area contributed by atoms with Crippen LogP contribution in [0, 0.1) is 11.6 Å². The second kappa shape index (κ2) is 4.30. The van der Waals surface area contributed by atoms with E-state index in [2.05, 4.69) is 5.32 Å². The molecule has 3 atom stereocenters. The van der Waals surface area contributed by atoms with Gasteiger partial charge in [0.15, 0.2) is 11.6 Å². The Balaban J connectivity index is 0.000000963. The van der Waals surface area contributed by atoms with E-state index >= 15 is 0 Å². The van der Waals surface area contributed by atoms with Gasteiger partial charge in [-0.05, 0) is 37.0 Å². The topological polar surface area (TPSA) is 12.0 Å². The minimum Gasteiger partial charge on any atom is -0.311 e. The largest absolute Gasteiger partial charge is 0.311 e. The summed E-state index contributed by atoms with van der Waals surface area (Å²) in [5.41, 5.74) is 0.939. The number of fused-ring (bicyclic) bond motifs is 2. The van der Waals surface area contributed by atoms with E-state index < -0.39 is 11.6 Å². The van der Waals surface area contributed by atoms with Gasteiger partial charge in [-0.15, -0.1) is 12.4 Å². The van der Waals surface area contributed by atoms with Crippen LogP contribution in [0.25, 0.3) is 0 Å². The van der Waals surface area contributed by atoms with Crippen LogP contribution in [0.2, 0.25) is 0 Å². The Bertz CT molecular complexity index is 397. The summed E-state index contributed by atoms with van der Waals surface area (Å²) in [6, 6.07) is 5.36. The number of benzene rings is 1. The summed E-state index contributed by atoms with van der Waals surface area (Å²) in [7, 11) is 0. The van der Waals surface area contributed by atoms with Gasteiger partial charge in [0.05, 0.1) is 0 Å². The van der Waals surface area contributed by atoms with E-state index in [0.29, 0.717) is 18.0 Å². The third-order valence-corrected chi connectivity index (χ3v) is 3.67. The van der Waals surface area contributed by atoms with Crippen molar-refractivity contribution in [2.45, 2.75) is 37.3 Å². The standard InChI is InChI=1S/C12H13F2N.ClH/c13-10-3-1-7(5-11(10)14)9-6-8-2-4-12(9)15-8;/h1,3,5,8-9,12,15H,2,4,6H2;1H. The highest BCUT2D eigenvalue weighted by Crippen LogP contribution is 2.40. The Morgan fingerprint density at radius 3 is 2.50 bits per heavy atom. The molecule has 3 rings (SSSR count). The Labute approximate surface area is 99.6 Å². The van der Waals surface area contributed by atoms with Gasteiger partial charge < -0.3 is 5.32 Å². The van der Waals surface area contributed by atoms with Gasteiger partial charge in [0.2, 0.25) is 0 Å². The minimum atomic E-state index is -0.755. The maximum absolute atomic E-state index is 13.1. The highest BCUT2D eigenvalue weighted by atomic mass is 35.5. The van der Waals surface area contributed by atoms with Crippen molar-refractivity contribution in [1.29, 1.82) is 0 Å². The van der Waals surface area contributed by atoms with Gasteiger partial charge in [-0.2, -0.15) is 0 Å². The smallest absolute Gasteiger partial charge is 0.159 e. The minimum absolute atomic E-state index is 0. The SMILES string of the molecule is Cl.Fc1ccc(C2CC3CCC2N3)cc1F. The molecule has 88 valence electrons. The molecule has 2 fully saturated rings. The van der Waals surface area contributed by atoms with Crippen molar-refractivity contribution < 1.29 is 8.78 Å². The van der Waals surface area contributed by atoms with Crippen LogP contribution in [-0.2, 0) is 0 Å². The van der Waals surface area contributed by atoms with Crippen molar-refractivity contribution in [1.82, 2.24) is 5.32 Å². The monoisotopic (exact) mass is 245 g/mol. The molecule has 2 aliphatic rings. The first kappa shape index (κ1) is 11.8. The van der Waals surface area contributed by atoms with E-state index in [0.717, 1.165) is 18.4 Å². The molecule has 4 heteroatoms. The molecule has 0 spiro atoms. The average molecular weight is 246 g/mol. The number of hydrogen-bond donors (Lipinski definition) is 1. The molecule has 2 aliphatic heterocycles. The zero-order valence-corrected chi connectivity index (χ0v) is 9.57. The molecule has 0 aromatic heterocycles. The van der Waals surface area contributed by atoms with Gasteiger partial charge in [-0.25, -0.2) is 8.78 Å². The maximum atomic E-state index is 13.1. The first-order valence-electron chi connectivity index (χ1n) is 5.45. The van der Waals surface area contributed by atoms with Crippen molar-refractivity contribution >= 4 is 12.4 Å². The third-order valence-electron chi connectivity index (χ3n) is 3.67. The molecule has 2 bridgehead atoms. The average Bonchev–Trinajstić information content (AvgIpc) is 2.83. The lowest BCUT2D eigenvalue weighted by Crippen LogP contribution is -2.21. The summed E-state index contributed by atoms with van der Waals surface area (Å²) < 4.78 is 25.9. The Morgan fingerprint density at radius 1 is 1.12 bits per heavy atom. The van der Waals surface area contributed by atoms with Crippen LogP contribution in [0.5, 0.6) is 0 Å². The first-order chi connectivity index (χ1) is 7.24. The van der Waals surface area contributed by atoms with Crippen LogP contribution in [-0.4, -0.2) is 12.1 Å². The fourth-order valence-corrected chi connectivity index (χ4v) is 2.94. The molecular weight excluding hydrogens is 232 g/mol. The van der Waals surface area contributed by atoms with E-state index in [4.69, 9.17) is 0 Å². The lowest BCUT2D eigenvalue weighted by molar-refractivity contribution is 0.486. The van der Waals surface area contributed by atoms with E-state index in [-0.39, 0.29) is 12.4 Å². The summed E-state index contributed by atoms with van der Waals surface area (Å²) in [6.07, 6.45) is 3.45. The lowest BCUT2D eigenvalue weighted by Gasteiger charge is -2.20. The Morgan fingerprint density at radius 2 is 1.94 bits per heavy atom. The second-order valence-corrected chi connectivity index (χ2v) is 4.56. The first-order valence-corrected chi connectivity index (χ1v) is 5.45. The maximum Gasteiger partial charge on any atom is 0.159 e. The number of hydrogen-bond acceptors (Lipinski definition) is 1. The van der Waals surface area contributed by atoms with E-state index in [1.807, 2.05) is 0 Å². The number of halogens is 3. The van der Waals surface area contributed by atoms with Gasteiger partial charge in [0.1, 0.15) is 0 Å². The van der Waals surface area contributed by atoms with Crippen molar-refractivity contribution in [3.8, 4) is 0 Å². The number of nitrogens with one attached hydrogen (secondary N) is 1. The molecule has 16 heavy (non-hydrogen) atoms. The molecule has 3 unspecified atom stereocenters. The van der Waals surface area contributed by atoms with Gasteiger partial charge in [0.25, 0.3) is 0 Å². The quantitative estimate of drug-likeness (QED) is 0.802. The van der Waals surface area contributed by atoms with Crippen LogP contribution in [0.15, 0.2) is 18.2 Å².